The van der Waals surface area contributed by atoms with Gasteiger partial charge >= 0.3 is 5.97 Å². The van der Waals surface area contributed by atoms with E-state index in [-0.39, 0.29) is 12.8 Å². The van der Waals surface area contributed by atoms with Crippen LogP contribution in [0.4, 0.5) is 0 Å². The second-order valence-corrected chi connectivity index (χ2v) is 3.35. The number of nitrogens with one attached hydrogen (secondary N) is 1. The molecule has 0 spiro atoms. The predicted octanol–water partition coefficient (Wildman–Crippen LogP) is 0.900. The Hall–Kier alpha value is -1.84. The van der Waals surface area contributed by atoms with Crippen molar-refractivity contribution in [3.05, 3.63) is 42.8 Å². The molecular formula is C12H13NO3. The predicted molar refractivity (Wildman–Crippen MR) is 58.6 cm³/mol. The van der Waals surface area contributed by atoms with Gasteiger partial charge in [-0.05, 0) is 12.5 Å². The van der Waals surface area contributed by atoms with Crippen LogP contribution in [-0.4, -0.2) is 23.0 Å². The first-order valence-corrected chi connectivity index (χ1v) is 4.89. The monoisotopic (exact) mass is 219 g/mol. The number of carbonyl (C=O) groups excluding carboxylic acids is 1. The van der Waals surface area contributed by atoms with Crippen LogP contribution < -0.4 is 5.32 Å². The smallest absolute Gasteiger partial charge is 0.326 e. The van der Waals surface area contributed by atoms with Crippen molar-refractivity contribution in [2.75, 3.05) is 0 Å². The number of rotatable bonds is 5. The average molecular weight is 219 g/mol. The number of benzene rings is 1. The average Bonchev–Trinajstić information content (AvgIpc) is 2.29. The van der Waals surface area contributed by atoms with Gasteiger partial charge in [0.05, 0.1) is 0 Å². The van der Waals surface area contributed by atoms with Crippen LogP contribution in [0.25, 0.3) is 0 Å². The highest BCUT2D eigenvalue weighted by atomic mass is 16.4. The Labute approximate surface area is 94.3 Å². The lowest BCUT2D eigenvalue weighted by atomic mass is 10.1. The van der Waals surface area contributed by atoms with Crippen molar-refractivity contribution in [3.8, 4) is 0 Å². The Kier molecular flexibility index (Phi) is 4.51. The molecule has 1 atom stereocenters. The minimum absolute atomic E-state index is 0.210. The third-order valence-corrected chi connectivity index (χ3v) is 2.10. The van der Waals surface area contributed by atoms with Gasteiger partial charge < -0.3 is 10.4 Å². The van der Waals surface area contributed by atoms with Crippen LogP contribution in [0.1, 0.15) is 12.0 Å². The molecule has 0 aliphatic rings. The molecule has 1 amide bonds. The highest BCUT2D eigenvalue weighted by molar-refractivity contribution is 5.83. The molecule has 0 saturated heterocycles. The highest BCUT2D eigenvalue weighted by Gasteiger charge is 2.19. The maximum Gasteiger partial charge on any atom is 0.326 e. The van der Waals surface area contributed by atoms with Gasteiger partial charge in [-0.25, -0.2) is 4.79 Å². The van der Waals surface area contributed by atoms with Gasteiger partial charge in [-0.3, -0.25) is 4.79 Å². The first-order valence-electron chi connectivity index (χ1n) is 4.89. The molecule has 2 N–H and O–H groups in total. The Morgan fingerprint density at radius 1 is 1.31 bits per heavy atom. The Balaban J connectivity index is 2.65. The van der Waals surface area contributed by atoms with Gasteiger partial charge in [0, 0.05) is 12.8 Å². The molecule has 1 rings (SSSR count). The Morgan fingerprint density at radius 2 is 1.94 bits per heavy atom. The molecule has 4 nitrogen and oxygen atoms in total. The van der Waals surface area contributed by atoms with Gasteiger partial charge in [-0.1, -0.05) is 30.3 Å². The van der Waals surface area contributed by atoms with Crippen molar-refractivity contribution in [3.63, 3.8) is 0 Å². The Bertz CT molecular complexity index is 362. The summed E-state index contributed by atoms with van der Waals surface area (Å²) in [5, 5.41) is 11.3. The van der Waals surface area contributed by atoms with Crippen LogP contribution in [0.5, 0.6) is 0 Å². The molecule has 0 aliphatic heterocycles. The number of carboxylic acid groups (broad SMARTS) is 1. The molecule has 16 heavy (non-hydrogen) atoms. The second kappa shape index (κ2) is 5.90. The number of hydrogen-bond acceptors (Lipinski definition) is 2. The van der Waals surface area contributed by atoms with Gasteiger partial charge in [0.15, 0.2) is 0 Å². The summed E-state index contributed by atoms with van der Waals surface area (Å²) < 4.78 is 0. The van der Waals surface area contributed by atoms with Gasteiger partial charge in [-0.2, -0.15) is 0 Å². The summed E-state index contributed by atoms with van der Waals surface area (Å²) in [5.74, 6) is -1.53. The standard InChI is InChI=1S/C12H13NO3/c1-2-11(14)13-10(12(15)16)8-9-6-4-3-5-7-9/h1,3-7,10H,2,8H2,(H,13,14)(H,15,16). The van der Waals surface area contributed by atoms with Crippen molar-refractivity contribution in [2.45, 2.75) is 18.9 Å². The van der Waals surface area contributed by atoms with Gasteiger partial charge in [0.2, 0.25) is 5.91 Å². The second-order valence-electron chi connectivity index (χ2n) is 3.35. The zero-order chi connectivity index (χ0) is 12.0. The lowest BCUT2D eigenvalue weighted by Gasteiger charge is -2.13. The van der Waals surface area contributed by atoms with Crippen molar-refractivity contribution in [2.24, 2.45) is 0 Å². The normalized spacial score (nSPS) is 11.8. The maximum atomic E-state index is 11.0. The van der Waals surface area contributed by atoms with Gasteiger partial charge in [0.25, 0.3) is 0 Å². The topological polar surface area (TPSA) is 66.4 Å². The van der Waals surface area contributed by atoms with Crippen LogP contribution in [0.3, 0.4) is 0 Å². The molecule has 0 aliphatic carbocycles. The minimum Gasteiger partial charge on any atom is -0.480 e. The van der Waals surface area contributed by atoms with E-state index in [1.165, 1.54) is 0 Å². The number of hydrogen-bond donors (Lipinski definition) is 2. The van der Waals surface area contributed by atoms with E-state index >= 15 is 0 Å². The van der Waals surface area contributed by atoms with Crippen molar-refractivity contribution in [1.82, 2.24) is 5.32 Å². The third kappa shape index (κ3) is 3.73. The fourth-order valence-electron chi connectivity index (χ4n) is 1.30. The van der Waals surface area contributed by atoms with E-state index in [9.17, 15) is 9.59 Å². The van der Waals surface area contributed by atoms with E-state index in [4.69, 9.17) is 12.0 Å². The van der Waals surface area contributed by atoms with E-state index < -0.39 is 17.9 Å². The fourth-order valence-corrected chi connectivity index (χ4v) is 1.30. The largest absolute Gasteiger partial charge is 0.480 e. The summed E-state index contributed by atoms with van der Waals surface area (Å²) in [6.07, 6.45) is 0.0421. The third-order valence-electron chi connectivity index (χ3n) is 2.10. The quantitative estimate of drug-likeness (QED) is 0.773. The molecule has 2 radical (unpaired) electrons. The summed E-state index contributed by atoms with van der Waals surface area (Å²) >= 11 is 0. The molecule has 0 bridgehead atoms. The molecule has 1 unspecified atom stereocenters. The molecule has 1 aromatic rings. The minimum atomic E-state index is -1.06. The van der Waals surface area contributed by atoms with E-state index in [0.717, 1.165) is 5.56 Å². The first kappa shape index (κ1) is 12.2. The van der Waals surface area contributed by atoms with Gasteiger partial charge in [0.1, 0.15) is 6.04 Å². The van der Waals surface area contributed by atoms with Crippen LogP contribution in [0.2, 0.25) is 0 Å². The lowest BCUT2D eigenvalue weighted by Crippen LogP contribution is -2.42. The highest BCUT2D eigenvalue weighted by Crippen LogP contribution is 2.03. The van der Waals surface area contributed by atoms with Crippen LogP contribution in [0.15, 0.2) is 30.3 Å². The zero-order valence-corrected chi connectivity index (χ0v) is 8.72. The van der Waals surface area contributed by atoms with Crippen molar-refractivity contribution < 1.29 is 14.7 Å². The zero-order valence-electron chi connectivity index (χ0n) is 8.72. The molecule has 0 heterocycles. The number of aliphatic carboxylic acids is 1. The first-order chi connectivity index (χ1) is 7.63. The molecule has 84 valence electrons. The Morgan fingerprint density at radius 3 is 2.44 bits per heavy atom. The molecule has 0 aromatic heterocycles. The molecule has 1 aromatic carbocycles. The molecule has 0 fully saturated rings. The SMILES string of the molecule is [CH]CC(=O)NC(Cc1ccccc1)C(=O)O. The van der Waals surface area contributed by atoms with Crippen LogP contribution in [-0.2, 0) is 16.0 Å². The van der Waals surface area contributed by atoms with Crippen LogP contribution in [0, 0.1) is 6.92 Å². The summed E-state index contributed by atoms with van der Waals surface area (Å²) in [5.41, 5.74) is 0.854. The summed E-state index contributed by atoms with van der Waals surface area (Å²) in [7, 11) is 0. The summed E-state index contributed by atoms with van der Waals surface area (Å²) in [6, 6.07) is 8.17. The molecule has 4 heteroatoms. The lowest BCUT2D eigenvalue weighted by molar-refractivity contribution is -0.141. The van der Waals surface area contributed by atoms with Crippen molar-refractivity contribution in [1.29, 1.82) is 0 Å². The molecular weight excluding hydrogens is 206 g/mol. The van der Waals surface area contributed by atoms with E-state index in [0.29, 0.717) is 0 Å². The number of amides is 1. The molecule has 0 saturated carbocycles. The van der Waals surface area contributed by atoms with Crippen LogP contribution >= 0.6 is 0 Å². The van der Waals surface area contributed by atoms with E-state index in [2.05, 4.69) is 5.32 Å². The van der Waals surface area contributed by atoms with E-state index in [1.807, 2.05) is 30.3 Å². The maximum absolute atomic E-state index is 11.0. The fraction of sp³-hybridized carbons (Fsp3) is 0.250. The van der Waals surface area contributed by atoms with Crippen molar-refractivity contribution >= 4 is 11.9 Å². The number of carbonyl (C=O) groups is 2. The summed E-state index contributed by atoms with van der Waals surface area (Å²) in [4.78, 5) is 21.9. The number of carboxylic acids is 1. The van der Waals surface area contributed by atoms with Gasteiger partial charge in [-0.15, -0.1) is 0 Å². The van der Waals surface area contributed by atoms with E-state index in [1.54, 1.807) is 0 Å². The summed E-state index contributed by atoms with van der Waals surface area (Å²) in [6.45, 7) is 5.11.